The maximum Gasteiger partial charge on any atom is 0.374 e. The number of carbonyl (C=O) groups is 1. The molecule has 0 atom stereocenters. The summed E-state index contributed by atoms with van der Waals surface area (Å²) in [5, 5.41) is 12.8. The Labute approximate surface area is 200 Å². The molecule has 1 fully saturated rings. The molecule has 0 amide bonds. The lowest BCUT2D eigenvalue weighted by Crippen LogP contribution is -2.15. The van der Waals surface area contributed by atoms with Gasteiger partial charge in [0.05, 0.1) is 11.5 Å². The Morgan fingerprint density at radius 1 is 1.18 bits per heavy atom. The van der Waals surface area contributed by atoms with E-state index < -0.39 is 10.9 Å². The van der Waals surface area contributed by atoms with E-state index in [0.717, 1.165) is 10.9 Å². The van der Waals surface area contributed by atoms with Gasteiger partial charge in [0.1, 0.15) is 17.9 Å². The zero-order valence-corrected chi connectivity index (χ0v) is 19.4. The average molecular weight is 484 g/mol. The number of esters is 1. The molecule has 3 aromatic rings. The minimum atomic E-state index is -0.595. The number of carbonyl (C=O) groups excluding carboxylic acids is 1. The van der Waals surface area contributed by atoms with Crippen molar-refractivity contribution in [2.75, 3.05) is 6.79 Å². The van der Waals surface area contributed by atoms with Gasteiger partial charge in [-0.05, 0) is 18.9 Å². The molecule has 1 aliphatic heterocycles. The maximum atomic E-state index is 13.1. The van der Waals surface area contributed by atoms with Crippen LogP contribution in [0.2, 0.25) is 0 Å². The fraction of sp³-hybridized carbons (Fsp3) is 0.400. The Bertz CT molecular complexity index is 1220. The Morgan fingerprint density at radius 3 is 2.82 bits per heavy atom. The van der Waals surface area contributed by atoms with Crippen molar-refractivity contribution in [1.82, 2.24) is 0 Å². The molecule has 2 aromatic carbocycles. The van der Waals surface area contributed by atoms with Gasteiger partial charge < -0.3 is 18.6 Å². The van der Waals surface area contributed by atoms with Crippen LogP contribution in [0.25, 0.3) is 11.0 Å². The molecule has 2 aliphatic rings. The van der Waals surface area contributed by atoms with Crippen LogP contribution in [-0.2, 0) is 28.4 Å². The largest absolute Gasteiger partial charge is 0.467 e. The Hall–Kier alpha value is -3.04. The van der Waals surface area contributed by atoms with E-state index in [1.807, 2.05) is 36.0 Å². The predicted molar refractivity (Wildman–Crippen MR) is 127 cm³/mol. The highest BCUT2D eigenvalue weighted by atomic mass is 32.2. The molecule has 0 unspecified atom stereocenters. The first kappa shape index (κ1) is 22.7. The van der Waals surface area contributed by atoms with E-state index in [2.05, 4.69) is 0 Å². The number of hydrogen-bond donors (Lipinski definition) is 0. The number of fused-ring (bicyclic) bond motifs is 2. The molecule has 1 aromatic heterocycles. The monoisotopic (exact) mass is 483 g/mol. The molecule has 0 radical (unpaired) electrons. The van der Waals surface area contributed by atoms with Crippen LogP contribution in [0.4, 0.5) is 5.69 Å². The first-order chi connectivity index (χ1) is 16.6. The molecule has 178 valence electrons. The summed E-state index contributed by atoms with van der Waals surface area (Å²) in [7, 11) is 0. The molecule has 8 nitrogen and oxygen atoms in total. The van der Waals surface area contributed by atoms with E-state index in [4.69, 9.17) is 18.6 Å². The Balaban J connectivity index is 1.38. The molecule has 9 heteroatoms. The van der Waals surface area contributed by atoms with Crippen molar-refractivity contribution in [3.63, 3.8) is 0 Å². The molecule has 2 heterocycles. The van der Waals surface area contributed by atoms with Gasteiger partial charge in [0.2, 0.25) is 5.76 Å². The first-order valence-electron chi connectivity index (χ1n) is 11.4. The number of furan rings is 1. The SMILES string of the molecule is O=C(OCc1cc([N+](=O)[O-])cc2c1OCOC2)c1oc2ccccc2c1CSC1CCCCC1. The Kier molecular flexibility index (Phi) is 6.73. The Morgan fingerprint density at radius 2 is 2.00 bits per heavy atom. The van der Waals surface area contributed by atoms with Crippen LogP contribution in [0.1, 0.15) is 59.3 Å². The molecule has 0 spiro atoms. The zero-order valence-electron chi connectivity index (χ0n) is 18.6. The van der Waals surface area contributed by atoms with E-state index in [1.165, 1.54) is 44.2 Å². The molecule has 0 saturated heterocycles. The summed E-state index contributed by atoms with van der Waals surface area (Å²) in [6, 6.07) is 10.4. The lowest BCUT2D eigenvalue weighted by atomic mass is 10.0. The van der Waals surface area contributed by atoms with Crippen LogP contribution in [0.15, 0.2) is 40.8 Å². The third kappa shape index (κ3) is 4.76. The van der Waals surface area contributed by atoms with Crippen LogP contribution in [0.5, 0.6) is 5.75 Å². The van der Waals surface area contributed by atoms with Gasteiger partial charge in [-0.25, -0.2) is 4.79 Å². The van der Waals surface area contributed by atoms with Crippen molar-refractivity contribution in [2.45, 2.75) is 56.3 Å². The lowest BCUT2D eigenvalue weighted by molar-refractivity contribution is -0.385. The number of benzene rings is 2. The van der Waals surface area contributed by atoms with Gasteiger partial charge >= 0.3 is 5.97 Å². The fourth-order valence-corrected chi connectivity index (χ4v) is 5.90. The van der Waals surface area contributed by atoms with Crippen molar-refractivity contribution in [3.05, 3.63) is 69.0 Å². The highest BCUT2D eigenvalue weighted by molar-refractivity contribution is 7.99. The van der Waals surface area contributed by atoms with E-state index >= 15 is 0 Å². The van der Waals surface area contributed by atoms with Crippen molar-refractivity contribution in [3.8, 4) is 5.75 Å². The van der Waals surface area contributed by atoms with Crippen LogP contribution < -0.4 is 4.74 Å². The van der Waals surface area contributed by atoms with Gasteiger partial charge in [0.15, 0.2) is 6.79 Å². The summed E-state index contributed by atoms with van der Waals surface area (Å²) in [5.74, 6) is 0.719. The molecule has 0 N–H and O–H groups in total. The highest BCUT2D eigenvalue weighted by Crippen LogP contribution is 2.36. The second-order valence-electron chi connectivity index (χ2n) is 8.51. The predicted octanol–water partition coefficient (Wildman–Crippen LogP) is 6.13. The van der Waals surface area contributed by atoms with Crippen LogP contribution in [0, 0.1) is 10.1 Å². The summed E-state index contributed by atoms with van der Waals surface area (Å²) < 4.78 is 22.3. The number of para-hydroxylation sites is 1. The van der Waals surface area contributed by atoms with Crippen LogP contribution >= 0.6 is 11.8 Å². The minimum Gasteiger partial charge on any atom is -0.467 e. The number of nitro benzene ring substituents is 1. The number of nitrogens with zero attached hydrogens (tertiary/aromatic N) is 1. The smallest absolute Gasteiger partial charge is 0.374 e. The number of rotatable bonds is 7. The number of ether oxygens (including phenoxy) is 3. The molecule has 5 rings (SSSR count). The average Bonchev–Trinajstić information content (AvgIpc) is 3.25. The quantitative estimate of drug-likeness (QED) is 0.225. The van der Waals surface area contributed by atoms with Gasteiger partial charge in [-0.15, -0.1) is 0 Å². The summed E-state index contributed by atoms with van der Waals surface area (Å²) in [5.41, 5.74) is 2.35. The molecule has 1 aliphatic carbocycles. The topological polar surface area (TPSA) is 101 Å². The summed E-state index contributed by atoms with van der Waals surface area (Å²) in [6.45, 7) is 0.0665. The highest BCUT2D eigenvalue weighted by Gasteiger charge is 2.26. The molecular formula is C25H25NO7S. The maximum absolute atomic E-state index is 13.1. The van der Waals surface area contributed by atoms with Gasteiger partial charge in [-0.1, -0.05) is 37.5 Å². The van der Waals surface area contributed by atoms with E-state index in [-0.39, 0.29) is 31.5 Å². The summed E-state index contributed by atoms with van der Waals surface area (Å²) in [4.78, 5) is 24.0. The second kappa shape index (κ2) is 10.1. The van der Waals surface area contributed by atoms with Crippen molar-refractivity contribution in [1.29, 1.82) is 0 Å². The first-order valence-corrected chi connectivity index (χ1v) is 12.4. The van der Waals surface area contributed by atoms with Crippen molar-refractivity contribution < 1.29 is 28.3 Å². The zero-order chi connectivity index (χ0) is 23.5. The number of non-ortho nitro benzene ring substituents is 1. The second-order valence-corrected chi connectivity index (χ2v) is 9.80. The van der Waals surface area contributed by atoms with E-state index in [9.17, 15) is 14.9 Å². The van der Waals surface area contributed by atoms with Crippen molar-refractivity contribution in [2.24, 2.45) is 0 Å². The number of nitro groups is 1. The number of hydrogen-bond acceptors (Lipinski definition) is 8. The number of thioether (sulfide) groups is 1. The molecule has 0 bridgehead atoms. The fourth-order valence-electron chi connectivity index (χ4n) is 4.54. The van der Waals surface area contributed by atoms with Gasteiger partial charge in [-0.2, -0.15) is 11.8 Å². The summed E-state index contributed by atoms with van der Waals surface area (Å²) in [6.07, 6.45) is 6.18. The van der Waals surface area contributed by atoms with Crippen molar-refractivity contribution >= 4 is 34.4 Å². The lowest BCUT2D eigenvalue weighted by Gasteiger charge is -2.21. The molecular weight excluding hydrogens is 458 g/mol. The van der Waals surface area contributed by atoms with Gasteiger partial charge in [-0.3, -0.25) is 10.1 Å². The molecule has 1 saturated carbocycles. The third-order valence-electron chi connectivity index (χ3n) is 6.24. The standard InChI is InChI=1S/C25H25NO7S/c27-25(31-13-17-11-18(26(28)29)10-16-12-30-15-32-23(16)17)24-21(14-34-19-6-2-1-3-7-19)20-8-4-5-9-22(20)33-24/h4-5,8-11,19H,1-3,6-7,12-15H2. The van der Waals surface area contributed by atoms with E-state index in [0.29, 0.717) is 33.5 Å². The van der Waals surface area contributed by atoms with Gasteiger partial charge in [0, 0.05) is 45.2 Å². The minimum absolute atomic E-state index is 0.0396. The molecule has 34 heavy (non-hydrogen) atoms. The van der Waals surface area contributed by atoms with E-state index in [1.54, 1.807) is 0 Å². The normalized spacial score (nSPS) is 16.1. The van der Waals surface area contributed by atoms with Gasteiger partial charge in [0.25, 0.3) is 5.69 Å². The summed E-state index contributed by atoms with van der Waals surface area (Å²) >= 11 is 1.86. The van der Waals surface area contributed by atoms with Crippen LogP contribution in [-0.4, -0.2) is 22.9 Å². The van der Waals surface area contributed by atoms with Crippen LogP contribution in [0.3, 0.4) is 0 Å². The third-order valence-corrected chi connectivity index (χ3v) is 7.64.